The number of rotatable bonds is 8. The van der Waals surface area contributed by atoms with E-state index in [2.05, 4.69) is 32.6 Å². The molecule has 5 rings (SSSR count). The molecule has 2 aromatic rings. The van der Waals surface area contributed by atoms with Crippen molar-refractivity contribution in [3.8, 4) is 11.5 Å². The number of benzene rings is 2. The van der Waals surface area contributed by atoms with Crippen molar-refractivity contribution in [1.29, 1.82) is 0 Å². The molecule has 0 radical (unpaired) electrons. The van der Waals surface area contributed by atoms with Gasteiger partial charge >= 0.3 is 10.1 Å². The Morgan fingerprint density at radius 3 is 1.95 bits per heavy atom. The van der Waals surface area contributed by atoms with Crippen LogP contribution in [0.1, 0.15) is 64.9 Å². The van der Waals surface area contributed by atoms with Crippen molar-refractivity contribution in [3.63, 3.8) is 0 Å². The van der Waals surface area contributed by atoms with Gasteiger partial charge in [-0.3, -0.25) is 9.59 Å². The standard InChI is InChI=1S/C33H38INO7S/c1-32(2)16-23-29(25(36)18-32)28(30-24(35(23)12-13-40-5)17-33(3,4)19-26(30)37)20-14-22(34)31(27(15-20)41-6)42-43(38,39)21-10-8-7-9-11-21/h7-11,14-15,28H,12-13,16-19H2,1-6H3. The maximum Gasteiger partial charge on any atom is 0.339 e. The van der Waals surface area contributed by atoms with Crippen LogP contribution in [0.15, 0.2) is 69.9 Å². The summed E-state index contributed by atoms with van der Waals surface area (Å²) in [6.07, 6.45) is 2.11. The summed E-state index contributed by atoms with van der Waals surface area (Å²) in [5.74, 6) is -0.297. The van der Waals surface area contributed by atoms with E-state index >= 15 is 0 Å². The highest BCUT2D eigenvalue weighted by atomic mass is 127. The third-order valence-corrected chi connectivity index (χ3v) is 10.4. The molecule has 10 heteroatoms. The van der Waals surface area contributed by atoms with Crippen LogP contribution >= 0.6 is 22.6 Å². The Balaban J connectivity index is 1.70. The molecule has 8 nitrogen and oxygen atoms in total. The van der Waals surface area contributed by atoms with Gasteiger partial charge in [0.05, 0.1) is 17.3 Å². The summed E-state index contributed by atoms with van der Waals surface area (Å²) in [6.45, 7) is 9.40. The average Bonchev–Trinajstić information content (AvgIpc) is 2.91. The molecule has 1 heterocycles. The van der Waals surface area contributed by atoms with E-state index in [-0.39, 0.29) is 38.8 Å². The smallest absolute Gasteiger partial charge is 0.339 e. The number of nitrogens with zero attached hydrogens (tertiary/aromatic N) is 1. The SMILES string of the molecule is COCCN1C2=C(C(=O)CC(C)(C)C2)C(c2cc(I)c(OS(=O)(=O)c3ccccc3)c(OC)c2)C2=C1CC(C)(C)CC2=O. The largest absolute Gasteiger partial charge is 0.493 e. The van der Waals surface area contributed by atoms with E-state index in [1.165, 1.54) is 19.2 Å². The molecule has 0 atom stereocenters. The number of methoxy groups -OCH3 is 2. The molecule has 2 aliphatic carbocycles. The Hall–Kier alpha value is -2.70. The quantitative estimate of drug-likeness (QED) is 0.229. The molecule has 0 saturated carbocycles. The first-order chi connectivity index (χ1) is 20.2. The summed E-state index contributed by atoms with van der Waals surface area (Å²) in [4.78, 5) is 30.2. The number of hydrogen-bond acceptors (Lipinski definition) is 8. The number of allylic oxidation sites excluding steroid dienone is 4. The predicted molar refractivity (Wildman–Crippen MR) is 171 cm³/mol. The van der Waals surface area contributed by atoms with Gasteiger partial charge in [0.25, 0.3) is 0 Å². The van der Waals surface area contributed by atoms with E-state index in [1.54, 1.807) is 31.4 Å². The van der Waals surface area contributed by atoms with Crippen molar-refractivity contribution in [1.82, 2.24) is 4.90 Å². The van der Waals surface area contributed by atoms with Crippen molar-refractivity contribution < 1.29 is 31.7 Å². The Bertz CT molecular complexity index is 1590. The minimum Gasteiger partial charge on any atom is -0.493 e. The molecular formula is C33H38INO7S. The van der Waals surface area contributed by atoms with E-state index in [0.717, 1.165) is 11.4 Å². The van der Waals surface area contributed by atoms with Crippen LogP contribution in [0.2, 0.25) is 0 Å². The third kappa shape index (κ3) is 6.15. The van der Waals surface area contributed by atoms with Gasteiger partial charge in [-0.05, 0) is 76.1 Å². The second-order valence-corrected chi connectivity index (χ2v) is 15.8. The minimum atomic E-state index is -4.13. The van der Waals surface area contributed by atoms with Crippen molar-refractivity contribution in [2.75, 3.05) is 27.4 Å². The van der Waals surface area contributed by atoms with Crippen LogP contribution in [0, 0.1) is 14.4 Å². The fraction of sp³-hybridized carbons (Fsp3) is 0.455. The molecule has 3 aliphatic rings. The molecule has 1 aliphatic heterocycles. The molecule has 2 aromatic carbocycles. The Labute approximate surface area is 267 Å². The molecule has 0 unspecified atom stereocenters. The number of halogens is 1. The number of Topliss-reactive ketones (excluding diaryl/α,β-unsaturated/α-hetero) is 2. The molecule has 0 N–H and O–H groups in total. The van der Waals surface area contributed by atoms with Crippen LogP contribution in [0.4, 0.5) is 0 Å². The highest BCUT2D eigenvalue weighted by molar-refractivity contribution is 14.1. The average molecular weight is 720 g/mol. The highest BCUT2D eigenvalue weighted by Gasteiger charge is 2.49. The van der Waals surface area contributed by atoms with E-state index in [0.29, 0.717) is 59.1 Å². The molecule has 0 saturated heterocycles. The molecular weight excluding hydrogens is 681 g/mol. The summed E-state index contributed by atoms with van der Waals surface area (Å²) < 4.78 is 43.5. The lowest BCUT2D eigenvalue weighted by atomic mass is 9.63. The van der Waals surface area contributed by atoms with Gasteiger partial charge in [-0.25, -0.2) is 0 Å². The summed E-state index contributed by atoms with van der Waals surface area (Å²) >= 11 is 2.03. The van der Waals surface area contributed by atoms with Crippen LogP contribution in [-0.2, 0) is 24.4 Å². The van der Waals surface area contributed by atoms with Gasteiger partial charge in [-0.15, -0.1) is 0 Å². The van der Waals surface area contributed by atoms with Gasteiger partial charge in [0.1, 0.15) is 4.90 Å². The van der Waals surface area contributed by atoms with E-state index in [9.17, 15) is 18.0 Å². The van der Waals surface area contributed by atoms with E-state index in [4.69, 9.17) is 13.7 Å². The fourth-order valence-corrected chi connectivity index (χ4v) is 8.43. The number of carbonyl (C=O) groups excluding carboxylic acids is 2. The second kappa shape index (κ2) is 11.7. The molecule has 230 valence electrons. The lowest BCUT2D eigenvalue weighted by Gasteiger charge is -2.49. The number of carbonyl (C=O) groups is 2. The predicted octanol–water partition coefficient (Wildman–Crippen LogP) is 6.40. The van der Waals surface area contributed by atoms with Gasteiger partial charge in [0, 0.05) is 55.0 Å². The zero-order chi connectivity index (χ0) is 31.3. The number of ether oxygens (including phenoxy) is 2. The molecule has 43 heavy (non-hydrogen) atoms. The van der Waals surface area contributed by atoms with E-state index < -0.39 is 16.0 Å². The van der Waals surface area contributed by atoms with Crippen LogP contribution in [0.5, 0.6) is 11.5 Å². The first kappa shape index (κ1) is 31.7. The van der Waals surface area contributed by atoms with Crippen LogP contribution < -0.4 is 8.92 Å². The first-order valence-corrected chi connectivity index (χ1v) is 16.8. The van der Waals surface area contributed by atoms with Crippen molar-refractivity contribution >= 4 is 44.3 Å². The van der Waals surface area contributed by atoms with Crippen molar-refractivity contribution in [3.05, 3.63) is 74.1 Å². The number of hydrogen-bond donors (Lipinski definition) is 0. The van der Waals surface area contributed by atoms with Gasteiger partial charge in [0.2, 0.25) is 0 Å². The van der Waals surface area contributed by atoms with Crippen LogP contribution in [-0.4, -0.2) is 52.3 Å². The molecule has 0 bridgehead atoms. The van der Waals surface area contributed by atoms with Crippen molar-refractivity contribution in [2.24, 2.45) is 10.8 Å². The molecule has 0 amide bonds. The summed E-state index contributed by atoms with van der Waals surface area (Å²) in [5, 5.41) is 0. The molecule has 0 fully saturated rings. The molecule has 0 aromatic heterocycles. The summed E-state index contributed by atoms with van der Waals surface area (Å²) in [6, 6.07) is 11.4. The van der Waals surface area contributed by atoms with Gasteiger partial charge in [-0.1, -0.05) is 45.9 Å². The lowest BCUT2D eigenvalue weighted by Crippen LogP contribution is -2.45. The maximum atomic E-state index is 14.0. The third-order valence-electron chi connectivity index (χ3n) is 8.35. The maximum absolute atomic E-state index is 14.0. The number of ketones is 2. The summed E-state index contributed by atoms with van der Waals surface area (Å²) in [5.41, 5.74) is 3.35. The lowest BCUT2D eigenvalue weighted by molar-refractivity contribution is -0.119. The minimum absolute atomic E-state index is 0.0174. The van der Waals surface area contributed by atoms with E-state index in [1.807, 2.05) is 28.7 Å². The fourth-order valence-electron chi connectivity index (χ4n) is 6.57. The highest BCUT2D eigenvalue weighted by Crippen LogP contribution is 2.55. The van der Waals surface area contributed by atoms with Gasteiger partial charge < -0.3 is 18.6 Å². The second-order valence-electron chi connectivity index (χ2n) is 13.1. The molecule has 0 spiro atoms. The Morgan fingerprint density at radius 1 is 0.884 bits per heavy atom. The summed E-state index contributed by atoms with van der Waals surface area (Å²) in [7, 11) is -1.04. The zero-order valence-corrected chi connectivity index (χ0v) is 28.4. The van der Waals surface area contributed by atoms with Crippen molar-refractivity contribution in [2.45, 2.75) is 64.2 Å². The topological polar surface area (TPSA) is 99.2 Å². The Morgan fingerprint density at radius 2 is 1.44 bits per heavy atom. The monoisotopic (exact) mass is 719 g/mol. The Kier molecular flexibility index (Phi) is 8.60. The van der Waals surface area contributed by atoms with Crippen LogP contribution in [0.3, 0.4) is 0 Å². The zero-order valence-electron chi connectivity index (χ0n) is 25.5. The van der Waals surface area contributed by atoms with Gasteiger partial charge in [0.15, 0.2) is 23.1 Å². The van der Waals surface area contributed by atoms with Crippen LogP contribution in [0.25, 0.3) is 0 Å². The van der Waals surface area contributed by atoms with Gasteiger partial charge in [-0.2, -0.15) is 8.42 Å². The first-order valence-electron chi connectivity index (χ1n) is 14.3. The normalized spacial score (nSPS) is 20.2.